The lowest BCUT2D eigenvalue weighted by atomic mass is 9.79. The van der Waals surface area contributed by atoms with Gasteiger partial charge in [0.2, 0.25) is 5.91 Å². The maximum absolute atomic E-state index is 12.5. The van der Waals surface area contributed by atoms with Gasteiger partial charge in [-0.25, -0.2) is 4.79 Å². The summed E-state index contributed by atoms with van der Waals surface area (Å²) in [5, 5.41) is 17.0. The molecular formula is C17H19N3O5. The van der Waals surface area contributed by atoms with Gasteiger partial charge in [0.15, 0.2) is 0 Å². The van der Waals surface area contributed by atoms with Gasteiger partial charge in [0.1, 0.15) is 0 Å². The van der Waals surface area contributed by atoms with E-state index < -0.39 is 22.7 Å². The summed E-state index contributed by atoms with van der Waals surface area (Å²) in [4.78, 5) is 35.7. The van der Waals surface area contributed by atoms with Crippen molar-refractivity contribution in [3.05, 3.63) is 62.5 Å². The molecule has 1 aromatic rings. The van der Waals surface area contributed by atoms with E-state index in [1.807, 2.05) is 0 Å². The van der Waals surface area contributed by atoms with Crippen molar-refractivity contribution in [1.82, 2.24) is 10.6 Å². The second-order valence-corrected chi connectivity index (χ2v) is 5.52. The SMILES string of the molecule is CNC(=O)C1=C(C)NC(C)=C(C(=O)OC)C1c1ccccc1[N+](=O)[O-]. The Kier molecular flexibility index (Phi) is 5.21. The van der Waals surface area contributed by atoms with E-state index in [-0.39, 0.29) is 22.4 Å². The van der Waals surface area contributed by atoms with Crippen LogP contribution in [-0.2, 0) is 14.3 Å². The van der Waals surface area contributed by atoms with E-state index in [4.69, 9.17) is 4.74 Å². The fourth-order valence-electron chi connectivity index (χ4n) is 3.02. The van der Waals surface area contributed by atoms with Crippen LogP contribution in [0.2, 0.25) is 0 Å². The minimum atomic E-state index is -0.907. The molecule has 2 rings (SSSR count). The molecule has 8 nitrogen and oxygen atoms in total. The number of nitro benzene ring substituents is 1. The number of carbonyl (C=O) groups excluding carboxylic acids is 2. The lowest BCUT2D eigenvalue weighted by Gasteiger charge is -2.30. The van der Waals surface area contributed by atoms with Crippen molar-refractivity contribution in [1.29, 1.82) is 0 Å². The quantitative estimate of drug-likeness (QED) is 0.489. The number of benzene rings is 1. The maximum Gasteiger partial charge on any atom is 0.336 e. The van der Waals surface area contributed by atoms with Crippen molar-refractivity contribution in [3.63, 3.8) is 0 Å². The highest BCUT2D eigenvalue weighted by Gasteiger charge is 2.39. The predicted molar refractivity (Wildman–Crippen MR) is 90.5 cm³/mol. The number of esters is 1. The molecule has 1 amide bonds. The molecule has 0 saturated carbocycles. The topological polar surface area (TPSA) is 111 Å². The van der Waals surface area contributed by atoms with E-state index in [2.05, 4.69) is 10.6 Å². The average Bonchev–Trinajstić information content (AvgIpc) is 2.59. The van der Waals surface area contributed by atoms with Crippen LogP contribution in [-0.4, -0.2) is 31.0 Å². The van der Waals surface area contributed by atoms with Crippen molar-refractivity contribution in [2.45, 2.75) is 19.8 Å². The minimum absolute atomic E-state index is 0.168. The summed E-state index contributed by atoms with van der Waals surface area (Å²) in [7, 11) is 2.69. The number of para-hydroxylation sites is 1. The molecule has 1 atom stereocenters. The Hall–Kier alpha value is -3.16. The lowest BCUT2D eigenvalue weighted by molar-refractivity contribution is -0.385. The Morgan fingerprint density at radius 1 is 1.20 bits per heavy atom. The molecule has 0 saturated heterocycles. The number of hydrogen-bond acceptors (Lipinski definition) is 6. The Morgan fingerprint density at radius 3 is 2.36 bits per heavy atom. The zero-order valence-corrected chi connectivity index (χ0v) is 14.4. The van der Waals surface area contributed by atoms with Crippen molar-refractivity contribution in [2.75, 3.05) is 14.2 Å². The molecule has 8 heteroatoms. The molecule has 1 aromatic carbocycles. The summed E-state index contributed by atoms with van der Waals surface area (Å²) in [6.07, 6.45) is 0. The van der Waals surface area contributed by atoms with Crippen LogP contribution >= 0.6 is 0 Å². The van der Waals surface area contributed by atoms with Crippen molar-refractivity contribution in [3.8, 4) is 0 Å². The highest BCUT2D eigenvalue weighted by atomic mass is 16.6. The van der Waals surface area contributed by atoms with Gasteiger partial charge in [0, 0.05) is 35.6 Å². The molecule has 1 aliphatic heterocycles. The number of likely N-dealkylation sites (N-methyl/N-ethyl adjacent to an activating group) is 1. The average molecular weight is 345 g/mol. The van der Waals surface area contributed by atoms with E-state index >= 15 is 0 Å². The third-order valence-electron chi connectivity index (χ3n) is 4.08. The van der Waals surface area contributed by atoms with E-state index in [0.717, 1.165) is 0 Å². The molecule has 0 aromatic heterocycles. The molecule has 0 radical (unpaired) electrons. The van der Waals surface area contributed by atoms with Crippen LogP contribution in [0.4, 0.5) is 5.69 Å². The Labute approximate surface area is 144 Å². The molecule has 1 aliphatic rings. The first kappa shape index (κ1) is 18.2. The zero-order valence-electron chi connectivity index (χ0n) is 14.4. The van der Waals surface area contributed by atoms with Crippen LogP contribution in [0.1, 0.15) is 25.3 Å². The number of dihydropyridines is 1. The van der Waals surface area contributed by atoms with E-state index in [1.165, 1.54) is 26.3 Å². The zero-order chi connectivity index (χ0) is 18.7. The largest absolute Gasteiger partial charge is 0.466 e. The summed E-state index contributed by atoms with van der Waals surface area (Å²) < 4.78 is 4.85. The number of ether oxygens (including phenoxy) is 1. The summed E-state index contributed by atoms with van der Waals surface area (Å²) in [5.74, 6) is -1.99. The van der Waals surface area contributed by atoms with Crippen LogP contribution in [0, 0.1) is 10.1 Å². The molecule has 25 heavy (non-hydrogen) atoms. The summed E-state index contributed by atoms with van der Waals surface area (Å²) >= 11 is 0. The van der Waals surface area contributed by atoms with E-state index in [1.54, 1.807) is 26.0 Å². The summed E-state index contributed by atoms with van der Waals surface area (Å²) in [5.41, 5.74) is 1.50. The third kappa shape index (κ3) is 3.23. The monoisotopic (exact) mass is 345 g/mol. The molecule has 1 unspecified atom stereocenters. The number of carbonyl (C=O) groups is 2. The van der Waals surface area contributed by atoms with Gasteiger partial charge in [-0.2, -0.15) is 0 Å². The predicted octanol–water partition coefficient (Wildman–Crippen LogP) is 1.75. The molecule has 0 spiro atoms. The molecule has 132 valence electrons. The highest BCUT2D eigenvalue weighted by molar-refractivity contribution is 6.02. The van der Waals surface area contributed by atoms with Crippen molar-refractivity contribution in [2.24, 2.45) is 0 Å². The second-order valence-electron chi connectivity index (χ2n) is 5.52. The van der Waals surface area contributed by atoms with Gasteiger partial charge in [-0.3, -0.25) is 14.9 Å². The molecule has 0 fully saturated rings. The van der Waals surface area contributed by atoms with Gasteiger partial charge < -0.3 is 15.4 Å². The molecule has 2 N–H and O–H groups in total. The third-order valence-corrected chi connectivity index (χ3v) is 4.08. The van der Waals surface area contributed by atoms with Crippen molar-refractivity contribution < 1.29 is 19.2 Å². The Morgan fingerprint density at radius 2 is 1.80 bits per heavy atom. The maximum atomic E-state index is 12.5. The fourth-order valence-corrected chi connectivity index (χ4v) is 3.02. The lowest BCUT2D eigenvalue weighted by Crippen LogP contribution is -2.35. The molecule has 0 bridgehead atoms. The van der Waals surface area contributed by atoms with Gasteiger partial charge in [-0.15, -0.1) is 0 Å². The number of nitro groups is 1. The van der Waals surface area contributed by atoms with Crippen LogP contribution < -0.4 is 10.6 Å². The summed E-state index contributed by atoms with van der Waals surface area (Å²) in [6.45, 7) is 3.35. The fraction of sp³-hybridized carbons (Fsp3) is 0.294. The first-order valence-electron chi connectivity index (χ1n) is 7.55. The first-order chi connectivity index (χ1) is 11.8. The van der Waals surface area contributed by atoms with Gasteiger partial charge in [0.25, 0.3) is 5.69 Å². The molecular weight excluding hydrogens is 326 g/mol. The Bertz CT molecular complexity index is 772. The van der Waals surface area contributed by atoms with Crippen LogP contribution in [0.25, 0.3) is 0 Å². The molecule has 0 aliphatic carbocycles. The van der Waals surface area contributed by atoms with Gasteiger partial charge >= 0.3 is 5.97 Å². The van der Waals surface area contributed by atoms with Crippen LogP contribution in [0.3, 0.4) is 0 Å². The van der Waals surface area contributed by atoms with Gasteiger partial charge in [-0.05, 0) is 13.8 Å². The number of rotatable bonds is 4. The number of allylic oxidation sites excluding steroid dienone is 2. The smallest absolute Gasteiger partial charge is 0.336 e. The highest BCUT2D eigenvalue weighted by Crippen LogP contribution is 2.41. The molecule has 1 heterocycles. The summed E-state index contributed by atoms with van der Waals surface area (Å²) in [6, 6.07) is 6.05. The van der Waals surface area contributed by atoms with E-state index in [9.17, 15) is 19.7 Å². The second kappa shape index (κ2) is 7.16. The standard InChI is InChI=1S/C17H19N3O5/c1-9-13(16(21)18-3)15(14(10(2)19-9)17(22)25-4)11-7-5-6-8-12(11)20(23)24/h5-8,15,19H,1-4H3,(H,18,21). The van der Waals surface area contributed by atoms with Gasteiger partial charge in [0.05, 0.1) is 23.5 Å². The van der Waals surface area contributed by atoms with Crippen LogP contribution in [0.15, 0.2) is 46.8 Å². The normalized spacial score (nSPS) is 17.0. The number of hydrogen-bond donors (Lipinski definition) is 2. The number of nitrogens with zero attached hydrogens (tertiary/aromatic N) is 1. The number of nitrogens with one attached hydrogen (secondary N) is 2. The van der Waals surface area contributed by atoms with E-state index in [0.29, 0.717) is 11.4 Å². The van der Waals surface area contributed by atoms with Crippen LogP contribution in [0.5, 0.6) is 0 Å². The first-order valence-corrected chi connectivity index (χ1v) is 7.55. The number of methoxy groups -OCH3 is 1. The van der Waals surface area contributed by atoms with Gasteiger partial charge in [-0.1, -0.05) is 18.2 Å². The number of amides is 1. The minimum Gasteiger partial charge on any atom is -0.466 e. The Balaban J connectivity index is 2.80. The van der Waals surface area contributed by atoms with Crippen molar-refractivity contribution >= 4 is 17.6 Å².